The van der Waals surface area contributed by atoms with Crippen molar-refractivity contribution in [2.75, 3.05) is 33.2 Å². The lowest BCUT2D eigenvalue weighted by Crippen LogP contribution is -2.40. The Labute approximate surface area is 136 Å². The molecule has 1 saturated heterocycles. The summed E-state index contributed by atoms with van der Waals surface area (Å²) in [5, 5.41) is 0.971. The minimum Gasteiger partial charge on any atom is -0.302 e. The quantitative estimate of drug-likeness (QED) is 0.745. The van der Waals surface area contributed by atoms with E-state index < -0.39 is 0 Å². The monoisotopic (exact) mass is 328 g/mol. The van der Waals surface area contributed by atoms with Gasteiger partial charge in [0.2, 0.25) is 0 Å². The molecule has 0 bridgehead atoms. The average molecular weight is 329 g/mol. The predicted molar refractivity (Wildman–Crippen MR) is 88.6 cm³/mol. The van der Waals surface area contributed by atoms with Crippen LogP contribution in [0.2, 0.25) is 10.0 Å². The molecule has 0 aliphatic carbocycles. The van der Waals surface area contributed by atoms with E-state index in [2.05, 4.69) is 9.80 Å². The summed E-state index contributed by atoms with van der Waals surface area (Å²) >= 11 is 12.0. The number of rotatable bonds is 6. The van der Waals surface area contributed by atoms with Gasteiger partial charge in [-0.3, -0.25) is 9.69 Å². The molecule has 21 heavy (non-hydrogen) atoms. The smallest absolute Gasteiger partial charge is 0.181 e. The van der Waals surface area contributed by atoms with Crippen LogP contribution in [0.5, 0.6) is 0 Å². The molecule has 1 heterocycles. The van der Waals surface area contributed by atoms with Gasteiger partial charge < -0.3 is 4.90 Å². The van der Waals surface area contributed by atoms with Gasteiger partial charge in [0.25, 0.3) is 0 Å². The van der Waals surface area contributed by atoms with Crippen molar-refractivity contribution in [1.29, 1.82) is 0 Å². The number of likely N-dealkylation sites (N-methyl/N-ethyl adjacent to an activating group) is 1. The number of benzene rings is 1. The molecule has 116 valence electrons. The highest BCUT2D eigenvalue weighted by molar-refractivity contribution is 6.37. The van der Waals surface area contributed by atoms with Crippen LogP contribution in [-0.2, 0) is 0 Å². The lowest BCUT2D eigenvalue weighted by Gasteiger charge is -2.26. The number of hydrogen-bond acceptors (Lipinski definition) is 3. The Hall–Kier alpha value is -0.610. The van der Waals surface area contributed by atoms with E-state index in [9.17, 15) is 4.79 Å². The van der Waals surface area contributed by atoms with Crippen LogP contribution in [0.25, 0.3) is 0 Å². The molecular weight excluding hydrogens is 307 g/mol. The zero-order valence-electron chi connectivity index (χ0n) is 12.6. The van der Waals surface area contributed by atoms with E-state index in [1.807, 2.05) is 14.0 Å². The molecule has 1 unspecified atom stereocenters. The van der Waals surface area contributed by atoms with Crippen LogP contribution in [0.15, 0.2) is 18.2 Å². The molecule has 3 nitrogen and oxygen atoms in total. The zero-order valence-corrected chi connectivity index (χ0v) is 14.1. The third kappa shape index (κ3) is 4.43. The van der Waals surface area contributed by atoms with Gasteiger partial charge in [0.1, 0.15) is 0 Å². The molecule has 1 aromatic carbocycles. The molecule has 0 spiro atoms. The van der Waals surface area contributed by atoms with E-state index in [0.29, 0.717) is 15.6 Å². The van der Waals surface area contributed by atoms with Crippen molar-refractivity contribution in [3.63, 3.8) is 0 Å². The topological polar surface area (TPSA) is 23.6 Å². The van der Waals surface area contributed by atoms with E-state index in [4.69, 9.17) is 23.2 Å². The van der Waals surface area contributed by atoms with Gasteiger partial charge >= 0.3 is 0 Å². The number of halogens is 2. The molecule has 1 aliphatic heterocycles. The van der Waals surface area contributed by atoms with Gasteiger partial charge in [0.15, 0.2) is 5.78 Å². The number of Topliss-reactive ketones (excluding diaryl/α,β-unsaturated/α-hetero) is 1. The first-order chi connectivity index (χ1) is 9.99. The van der Waals surface area contributed by atoms with Gasteiger partial charge in [-0.05, 0) is 58.1 Å². The summed E-state index contributed by atoms with van der Waals surface area (Å²) < 4.78 is 0. The Morgan fingerprint density at radius 2 is 2.00 bits per heavy atom. The van der Waals surface area contributed by atoms with Gasteiger partial charge in [0.05, 0.1) is 11.1 Å². The van der Waals surface area contributed by atoms with Crippen LogP contribution in [-0.4, -0.2) is 54.9 Å². The van der Waals surface area contributed by atoms with Crippen LogP contribution < -0.4 is 0 Å². The fraction of sp³-hybridized carbons (Fsp3) is 0.562. The fourth-order valence-electron chi connectivity index (χ4n) is 2.61. The maximum atomic E-state index is 12.5. The summed E-state index contributed by atoms with van der Waals surface area (Å²) in [6, 6.07) is 4.84. The molecule has 0 amide bonds. The molecule has 5 heteroatoms. The summed E-state index contributed by atoms with van der Waals surface area (Å²) in [6.45, 7) is 6.19. The molecule has 0 radical (unpaired) electrons. The van der Waals surface area contributed by atoms with Crippen LogP contribution in [0.1, 0.15) is 30.1 Å². The molecule has 0 N–H and O–H groups in total. The molecule has 1 fully saturated rings. The standard InChI is InChI=1S/C16H22Cl2N2O/c1-12(19(2)9-10-20-7-3-4-8-20)16(21)14-6-5-13(17)11-15(14)18/h5-6,11-12H,3-4,7-10H2,1-2H3. The van der Waals surface area contributed by atoms with Crippen LogP contribution >= 0.6 is 23.2 Å². The van der Waals surface area contributed by atoms with Crippen LogP contribution in [0.4, 0.5) is 0 Å². The van der Waals surface area contributed by atoms with Gasteiger partial charge in [-0.25, -0.2) is 0 Å². The molecule has 1 aliphatic rings. The number of nitrogens with zero attached hydrogens (tertiary/aromatic N) is 2. The third-order valence-electron chi connectivity index (χ3n) is 4.20. The highest BCUT2D eigenvalue weighted by atomic mass is 35.5. The van der Waals surface area contributed by atoms with Gasteiger partial charge in [0, 0.05) is 23.7 Å². The molecule has 1 aromatic rings. The van der Waals surface area contributed by atoms with E-state index >= 15 is 0 Å². The third-order valence-corrected chi connectivity index (χ3v) is 4.75. The summed E-state index contributed by atoms with van der Waals surface area (Å²) in [5.41, 5.74) is 0.543. The second kappa shape index (κ2) is 7.59. The molecule has 0 aromatic heterocycles. The second-order valence-electron chi connectivity index (χ2n) is 5.69. The van der Waals surface area contributed by atoms with E-state index in [0.717, 1.165) is 13.1 Å². The zero-order chi connectivity index (χ0) is 15.4. The molecule has 0 saturated carbocycles. The van der Waals surface area contributed by atoms with E-state index in [-0.39, 0.29) is 11.8 Å². The number of carbonyl (C=O) groups is 1. The average Bonchev–Trinajstić information content (AvgIpc) is 2.96. The Balaban J connectivity index is 1.94. The van der Waals surface area contributed by atoms with Crippen molar-refractivity contribution in [3.05, 3.63) is 33.8 Å². The minimum absolute atomic E-state index is 0.0422. The summed E-state index contributed by atoms with van der Waals surface area (Å²) in [6.07, 6.45) is 2.58. The first-order valence-corrected chi connectivity index (χ1v) is 8.16. The maximum absolute atomic E-state index is 12.5. The maximum Gasteiger partial charge on any atom is 0.181 e. The highest BCUT2D eigenvalue weighted by Crippen LogP contribution is 2.23. The van der Waals surface area contributed by atoms with Crippen molar-refractivity contribution in [2.45, 2.75) is 25.8 Å². The fourth-order valence-corrected chi connectivity index (χ4v) is 3.12. The lowest BCUT2D eigenvalue weighted by atomic mass is 10.0. The number of carbonyl (C=O) groups excluding carboxylic acids is 1. The summed E-state index contributed by atoms with van der Waals surface area (Å²) in [5.74, 6) is 0.0422. The minimum atomic E-state index is -0.189. The Bertz CT molecular complexity index is 501. The van der Waals surface area contributed by atoms with E-state index in [1.165, 1.54) is 25.9 Å². The molecule has 1 atom stereocenters. The molecular formula is C16H22Cl2N2O. The SMILES string of the molecule is CC(C(=O)c1ccc(Cl)cc1Cl)N(C)CCN1CCCC1. The summed E-state index contributed by atoms with van der Waals surface area (Å²) in [7, 11) is 1.99. The largest absolute Gasteiger partial charge is 0.302 e. The lowest BCUT2D eigenvalue weighted by molar-refractivity contribution is 0.0859. The number of hydrogen-bond donors (Lipinski definition) is 0. The number of ketones is 1. The van der Waals surface area contributed by atoms with Crippen molar-refractivity contribution >= 4 is 29.0 Å². The van der Waals surface area contributed by atoms with Crippen LogP contribution in [0.3, 0.4) is 0 Å². The van der Waals surface area contributed by atoms with Crippen molar-refractivity contribution in [3.8, 4) is 0 Å². The second-order valence-corrected chi connectivity index (χ2v) is 6.54. The van der Waals surface area contributed by atoms with Gasteiger partial charge in [-0.1, -0.05) is 23.2 Å². The Morgan fingerprint density at radius 1 is 1.33 bits per heavy atom. The van der Waals surface area contributed by atoms with Crippen molar-refractivity contribution < 1.29 is 4.79 Å². The van der Waals surface area contributed by atoms with Crippen molar-refractivity contribution in [2.24, 2.45) is 0 Å². The normalized spacial score (nSPS) is 17.4. The van der Waals surface area contributed by atoms with Gasteiger partial charge in [-0.15, -0.1) is 0 Å². The van der Waals surface area contributed by atoms with Crippen LogP contribution in [0, 0.1) is 0 Å². The van der Waals surface area contributed by atoms with E-state index in [1.54, 1.807) is 18.2 Å². The first-order valence-electron chi connectivity index (χ1n) is 7.41. The first kappa shape index (κ1) is 16.8. The Morgan fingerprint density at radius 3 is 2.62 bits per heavy atom. The van der Waals surface area contributed by atoms with Gasteiger partial charge in [-0.2, -0.15) is 0 Å². The predicted octanol–water partition coefficient (Wildman–Crippen LogP) is 3.59. The number of likely N-dealkylation sites (tertiary alicyclic amines) is 1. The molecule has 2 rings (SSSR count). The Kier molecular flexibility index (Phi) is 6.06. The summed E-state index contributed by atoms with van der Waals surface area (Å²) in [4.78, 5) is 17.1. The van der Waals surface area contributed by atoms with Crippen molar-refractivity contribution in [1.82, 2.24) is 9.80 Å². The highest BCUT2D eigenvalue weighted by Gasteiger charge is 2.22.